The number of carbonyl (C=O) groups is 1. The van der Waals surface area contributed by atoms with Crippen LogP contribution in [0.5, 0.6) is 0 Å². The lowest BCUT2D eigenvalue weighted by Gasteiger charge is -2.47. The second kappa shape index (κ2) is 5.55. The minimum absolute atomic E-state index is 0.00151. The van der Waals surface area contributed by atoms with Gasteiger partial charge >= 0.3 is 0 Å². The third kappa shape index (κ3) is 2.92. The molecule has 0 saturated carbocycles. The molecule has 1 spiro atoms. The summed E-state index contributed by atoms with van der Waals surface area (Å²) in [7, 11) is 0. The fraction of sp³-hybridized carbons (Fsp3) is 0.917. The molecule has 0 bridgehead atoms. The summed E-state index contributed by atoms with van der Waals surface area (Å²) in [6.07, 6.45) is 2.99. The van der Waals surface area contributed by atoms with E-state index in [9.17, 15) is 4.79 Å². The highest BCUT2D eigenvalue weighted by molar-refractivity contribution is 6.27. The Labute approximate surface area is 107 Å². The third-order valence-corrected chi connectivity index (χ3v) is 3.76. The Bertz CT molecular complexity index is 279. The molecule has 17 heavy (non-hydrogen) atoms. The van der Waals surface area contributed by atoms with E-state index in [1.165, 1.54) is 0 Å². The standard InChI is InChI=1S/C12H20ClNO3/c1-2-10-7-14(11(15)6-13)8-12(17-10)4-3-5-16-9-12/h10H,2-9H2,1H3. The summed E-state index contributed by atoms with van der Waals surface area (Å²) in [5.41, 5.74) is -0.293. The second-order valence-corrected chi connectivity index (χ2v) is 5.16. The van der Waals surface area contributed by atoms with E-state index in [0.29, 0.717) is 19.7 Å². The minimum atomic E-state index is -0.293. The number of carbonyl (C=O) groups excluding carboxylic acids is 1. The van der Waals surface area contributed by atoms with Gasteiger partial charge in [0.2, 0.25) is 5.91 Å². The molecule has 2 fully saturated rings. The first-order chi connectivity index (χ1) is 8.19. The number of morpholine rings is 1. The van der Waals surface area contributed by atoms with Crippen molar-refractivity contribution in [2.75, 3.05) is 32.2 Å². The third-order valence-electron chi connectivity index (χ3n) is 3.53. The van der Waals surface area contributed by atoms with Crippen molar-refractivity contribution in [3.05, 3.63) is 0 Å². The lowest BCUT2D eigenvalue weighted by atomic mass is 9.93. The molecule has 2 atom stereocenters. The van der Waals surface area contributed by atoms with Gasteiger partial charge in [0.05, 0.1) is 19.3 Å². The smallest absolute Gasteiger partial charge is 0.237 e. The van der Waals surface area contributed by atoms with Gasteiger partial charge in [-0.2, -0.15) is 0 Å². The molecule has 2 unspecified atom stereocenters. The molecular formula is C12H20ClNO3. The van der Waals surface area contributed by atoms with Crippen LogP contribution in [0.4, 0.5) is 0 Å². The molecule has 0 radical (unpaired) electrons. The summed E-state index contributed by atoms with van der Waals surface area (Å²) in [6, 6.07) is 0. The molecule has 98 valence electrons. The van der Waals surface area contributed by atoms with Crippen LogP contribution in [0.25, 0.3) is 0 Å². The molecule has 1 amide bonds. The predicted octanol–water partition coefficient (Wildman–Crippen LogP) is 1.41. The number of ether oxygens (including phenoxy) is 2. The van der Waals surface area contributed by atoms with Crippen LogP contribution in [0.15, 0.2) is 0 Å². The Morgan fingerprint density at radius 2 is 2.41 bits per heavy atom. The molecule has 0 aromatic rings. The molecule has 0 N–H and O–H groups in total. The molecule has 0 aliphatic carbocycles. The van der Waals surface area contributed by atoms with E-state index >= 15 is 0 Å². The number of alkyl halides is 1. The van der Waals surface area contributed by atoms with E-state index in [4.69, 9.17) is 21.1 Å². The Balaban J connectivity index is 2.08. The monoisotopic (exact) mass is 261 g/mol. The van der Waals surface area contributed by atoms with Gasteiger partial charge in [-0.15, -0.1) is 11.6 Å². The Hall–Kier alpha value is -0.320. The summed E-state index contributed by atoms with van der Waals surface area (Å²) in [4.78, 5) is 13.6. The van der Waals surface area contributed by atoms with Crippen molar-refractivity contribution < 1.29 is 14.3 Å². The normalized spacial score (nSPS) is 34.0. The zero-order valence-corrected chi connectivity index (χ0v) is 11.0. The topological polar surface area (TPSA) is 38.8 Å². The summed E-state index contributed by atoms with van der Waals surface area (Å²) < 4.78 is 11.6. The zero-order valence-electron chi connectivity index (χ0n) is 10.3. The fourth-order valence-corrected chi connectivity index (χ4v) is 2.79. The number of halogens is 1. The first-order valence-electron chi connectivity index (χ1n) is 6.28. The summed E-state index contributed by atoms with van der Waals surface area (Å²) in [5.74, 6) is 0.0475. The van der Waals surface area contributed by atoms with Gasteiger partial charge in [-0.1, -0.05) is 6.92 Å². The van der Waals surface area contributed by atoms with Gasteiger partial charge in [0.15, 0.2) is 0 Å². The van der Waals surface area contributed by atoms with Crippen molar-refractivity contribution in [3.63, 3.8) is 0 Å². The van der Waals surface area contributed by atoms with Crippen LogP contribution in [-0.4, -0.2) is 54.7 Å². The summed E-state index contributed by atoms with van der Waals surface area (Å²) in [5, 5.41) is 0. The van der Waals surface area contributed by atoms with E-state index < -0.39 is 0 Å². The van der Waals surface area contributed by atoms with Crippen LogP contribution in [0.2, 0.25) is 0 Å². The maximum absolute atomic E-state index is 11.8. The highest BCUT2D eigenvalue weighted by Crippen LogP contribution is 2.31. The van der Waals surface area contributed by atoms with Crippen LogP contribution in [0.1, 0.15) is 26.2 Å². The first kappa shape index (κ1) is 13.1. The molecule has 2 aliphatic heterocycles. The lowest BCUT2D eigenvalue weighted by Crippen LogP contribution is -2.60. The van der Waals surface area contributed by atoms with Crippen molar-refractivity contribution >= 4 is 17.5 Å². The molecule has 0 aromatic heterocycles. The van der Waals surface area contributed by atoms with Crippen molar-refractivity contribution in [1.29, 1.82) is 0 Å². The van der Waals surface area contributed by atoms with Crippen LogP contribution < -0.4 is 0 Å². The van der Waals surface area contributed by atoms with Gasteiger partial charge in [0.25, 0.3) is 0 Å². The summed E-state index contributed by atoms with van der Waals surface area (Å²) in [6.45, 7) is 4.75. The van der Waals surface area contributed by atoms with Gasteiger partial charge in [0, 0.05) is 13.2 Å². The van der Waals surface area contributed by atoms with Crippen molar-refractivity contribution in [2.24, 2.45) is 0 Å². The van der Waals surface area contributed by atoms with Crippen LogP contribution >= 0.6 is 11.6 Å². The first-order valence-corrected chi connectivity index (χ1v) is 6.82. The van der Waals surface area contributed by atoms with E-state index in [2.05, 4.69) is 6.92 Å². The van der Waals surface area contributed by atoms with E-state index in [-0.39, 0.29) is 23.5 Å². The second-order valence-electron chi connectivity index (χ2n) is 4.90. The average Bonchev–Trinajstić information content (AvgIpc) is 2.38. The Morgan fingerprint density at radius 3 is 3.00 bits per heavy atom. The predicted molar refractivity (Wildman–Crippen MR) is 65.2 cm³/mol. The van der Waals surface area contributed by atoms with Gasteiger partial charge in [0.1, 0.15) is 11.5 Å². The van der Waals surface area contributed by atoms with Gasteiger partial charge in [-0.05, 0) is 19.3 Å². The minimum Gasteiger partial charge on any atom is -0.378 e. The Kier molecular flexibility index (Phi) is 4.28. The average molecular weight is 262 g/mol. The SMILES string of the molecule is CCC1CN(C(=O)CCl)CC2(CCCOC2)O1. The highest BCUT2D eigenvalue weighted by atomic mass is 35.5. The number of nitrogens with zero attached hydrogens (tertiary/aromatic N) is 1. The van der Waals surface area contributed by atoms with Crippen molar-refractivity contribution in [3.8, 4) is 0 Å². The van der Waals surface area contributed by atoms with Crippen LogP contribution in [0.3, 0.4) is 0 Å². The molecule has 4 nitrogen and oxygen atoms in total. The van der Waals surface area contributed by atoms with Gasteiger partial charge in [-0.3, -0.25) is 4.79 Å². The molecular weight excluding hydrogens is 242 g/mol. The highest BCUT2D eigenvalue weighted by Gasteiger charge is 2.42. The maximum atomic E-state index is 11.8. The van der Waals surface area contributed by atoms with Crippen LogP contribution in [-0.2, 0) is 14.3 Å². The molecule has 2 saturated heterocycles. The molecule has 0 aromatic carbocycles. The number of rotatable bonds is 2. The van der Waals surface area contributed by atoms with Gasteiger partial charge < -0.3 is 14.4 Å². The molecule has 2 heterocycles. The Morgan fingerprint density at radius 1 is 1.59 bits per heavy atom. The molecule has 2 aliphatic rings. The van der Waals surface area contributed by atoms with E-state index in [1.807, 2.05) is 4.90 Å². The maximum Gasteiger partial charge on any atom is 0.237 e. The number of amides is 1. The van der Waals surface area contributed by atoms with Crippen LogP contribution in [0, 0.1) is 0 Å². The quantitative estimate of drug-likeness (QED) is 0.706. The van der Waals surface area contributed by atoms with E-state index in [0.717, 1.165) is 25.9 Å². The van der Waals surface area contributed by atoms with Gasteiger partial charge in [-0.25, -0.2) is 0 Å². The largest absolute Gasteiger partial charge is 0.378 e. The zero-order chi connectivity index (χ0) is 12.3. The number of hydrogen-bond acceptors (Lipinski definition) is 3. The molecule has 5 heteroatoms. The summed E-state index contributed by atoms with van der Waals surface area (Å²) >= 11 is 5.64. The van der Waals surface area contributed by atoms with Crippen molar-refractivity contribution in [2.45, 2.75) is 37.9 Å². The number of hydrogen-bond donors (Lipinski definition) is 0. The van der Waals surface area contributed by atoms with Crippen molar-refractivity contribution in [1.82, 2.24) is 4.90 Å². The molecule has 2 rings (SSSR count). The fourth-order valence-electron chi connectivity index (χ4n) is 2.62. The lowest BCUT2D eigenvalue weighted by molar-refractivity contribution is -0.202. The van der Waals surface area contributed by atoms with E-state index in [1.54, 1.807) is 0 Å².